The molecule has 0 aliphatic heterocycles. The highest BCUT2D eigenvalue weighted by Gasteiger charge is 2.16. The minimum atomic E-state index is -0.492. The smallest absolute Gasteiger partial charge is 0.322 e. The largest absolute Gasteiger partial charge is 0.402 e. The quantitative estimate of drug-likeness (QED) is 0.776. The summed E-state index contributed by atoms with van der Waals surface area (Å²) in [6, 6.07) is 5.24. The predicted molar refractivity (Wildman–Crippen MR) is 74.5 cm³/mol. The molecule has 3 aromatic rings. The van der Waals surface area contributed by atoms with E-state index in [0.717, 1.165) is 8.66 Å². The second-order valence-corrected chi connectivity index (χ2v) is 6.27. The fraction of sp³-hybridized carbons (Fsp3) is 0.0909. The van der Waals surface area contributed by atoms with Gasteiger partial charge in [-0.2, -0.15) is 0 Å². The first-order valence-electron chi connectivity index (χ1n) is 5.46. The minimum Gasteiger partial charge on any atom is -0.402 e. The summed E-state index contributed by atoms with van der Waals surface area (Å²) in [7, 11) is 0. The van der Waals surface area contributed by atoms with E-state index in [1.54, 1.807) is 6.92 Å². The Labute approximate surface area is 125 Å². The molecule has 0 aromatic carbocycles. The van der Waals surface area contributed by atoms with Gasteiger partial charge < -0.3 is 8.94 Å². The summed E-state index contributed by atoms with van der Waals surface area (Å²) >= 11 is 4.80. The Bertz CT molecular complexity index is 763. The van der Waals surface area contributed by atoms with Crippen LogP contribution >= 0.6 is 27.3 Å². The number of aryl methyl sites for hydroxylation is 1. The van der Waals surface area contributed by atoms with Gasteiger partial charge in [-0.3, -0.25) is 10.1 Å². The molecule has 0 radical (unpaired) electrons. The summed E-state index contributed by atoms with van der Waals surface area (Å²) in [4.78, 5) is 12.6. The van der Waals surface area contributed by atoms with Gasteiger partial charge in [-0.1, -0.05) is 10.3 Å². The Morgan fingerprint density at radius 2 is 2.25 bits per heavy atom. The molecule has 102 valence electrons. The molecule has 0 spiro atoms. The van der Waals surface area contributed by atoms with E-state index >= 15 is 0 Å². The molecular formula is C11H7BrN4O3S. The first-order chi connectivity index (χ1) is 9.61. The van der Waals surface area contributed by atoms with Gasteiger partial charge in [0.2, 0.25) is 5.76 Å². The van der Waals surface area contributed by atoms with Gasteiger partial charge in [-0.25, -0.2) is 0 Å². The SMILES string of the molecule is Cc1cc(C(=O)Nc2nnc(-c3ccc(Br)s3)o2)on1. The van der Waals surface area contributed by atoms with Crippen LogP contribution in [0, 0.1) is 6.92 Å². The second kappa shape index (κ2) is 5.17. The highest BCUT2D eigenvalue weighted by Crippen LogP contribution is 2.30. The van der Waals surface area contributed by atoms with E-state index in [0.29, 0.717) is 11.6 Å². The number of nitrogens with one attached hydrogen (secondary N) is 1. The highest BCUT2D eigenvalue weighted by molar-refractivity contribution is 9.11. The third-order valence-corrected chi connectivity index (χ3v) is 3.89. The molecule has 9 heteroatoms. The van der Waals surface area contributed by atoms with Crippen molar-refractivity contribution >= 4 is 39.2 Å². The Kier molecular flexibility index (Phi) is 3.36. The van der Waals surface area contributed by atoms with Gasteiger partial charge in [0.1, 0.15) is 0 Å². The van der Waals surface area contributed by atoms with E-state index in [1.807, 2.05) is 12.1 Å². The number of anilines is 1. The zero-order valence-electron chi connectivity index (χ0n) is 10.1. The molecule has 0 aliphatic carbocycles. The maximum absolute atomic E-state index is 11.8. The molecule has 3 rings (SSSR count). The molecule has 3 heterocycles. The Morgan fingerprint density at radius 3 is 2.90 bits per heavy atom. The number of carbonyl (C=O) groups excluding carboxylic acids is 1. The van der Waals surface area contributed by atoms with Crippen molar-refractivity contribution in [3.05, 3.63) is 33.4 Å². The first-order valence-corrected chi connectivity index (χ1v) is 7.06. The molecule has 7 nitrogen and oxygen atoms in total. The number of aromatic nitrogens is 3. The average molecular weight is 355 g/mol. The van der Waals surface area contributed by atoms with Gasteiger partial charge >= 0.3 is 6.01 Å². The number of carbonyl (C=O) groups is 1. The van der Waals surface area contributed by atoms with E-state index in [-0.39, 0.29) is 11.8 Å². The number of halogens is 1. The van der Waals surface area contributed by atoms with E-state index in [4.69, 9.17) is 8.94 Å². The van der Waals surface area contributed by atoms with Gasteiger partial charge in [0.25, 0.3) is 11.8 Å². The number of hydrogen-bond acceptors (Lipinski definition) is 7. The molecule has 0 aliphatic rings. The highest BCUT2D eigenvalue weighted by atomic mass is 79.9. The summed E-state index contributed by atoms with van der Waals surface area (Å²) in [6.07, 6.45) is 0. The van der Waals surface area contributed by atoms with E-state index < -0.39 is 5.91 Å². The zero-order valence-corrected chi connectivity index (χ0v) is 12.5. The van der Waals surface area contributed by atoms with Gasteiger partial charge in [-0.05, 0) is 35.0 Å². The number of thiophene rings is 1. The van der Waals surface area contributed by atoms with Crippen LogP contribution in [-0.4, -0.2) is 21.3 Å². The summed E-state index contributed by atoms with van der Waals surface area (Å²) < 4.78 is 11.1. The van der Waals surface area contributed by atoms with Crippen molar-refractivity contribution < 1.29 is 13.7 Å². The number of hydrogen-bond donors (Lipinski definition) is 1. The van der Waals surface area contributed by atoms with Crippen molar-refractivity contribution in [3.63, 3.8) is 0 Å². The van der Waals surface area contributed by atoms with Crippen molar-refractivity contribution in [1.29, 1.82) is 0 Å². The molecule has 0 fully saturated rings. The fourth-order valence-electron chi connectivity index (χ4n) is 1.43. The van der Waals surface area contributed by atoms with Crippen molar-refractivity contribution in [1.82, 2.24) is 15.4 Å². The maximum Gasteiger partial charge on any atom is 0.322 e. The maximum atomic E-state index is 11.8. The fourth-order valence-corrected chi connectivity index (χ4v) is 2.74. The Balaban J connectivity index is 1.76. The van der Waals surface area contributed by atoms with Gasteiger partial charge in [0.15, 0.2) is 0 Å². The monoisotopic (exact) mass is 354 g/mol. The Hall–Kier alpha value is -2.00. The lowest BCUT2D eigenvalue weighted by Crippen LogP contribution is -2.11. The third-order valence-electron chi connectivity index (χ3n) is 2.28. The molecular weight excluding hydrogens is 348 g/mol. The van der Waals surface area contributed by atoms with Gasteiger partial charge in [0, 0.05) is 6.07 Å². The molecule has 1 amide bonds. The van der Waals surface area contributed by atoms with Crippen molar-refractivity contribution in [2.75, 3.05) is 5.32 Å². The molecule has 0 saturated heterocycles. The minimum absolute atomic E-state index is 0.00331. The lowest BCUT2D eigenvalue weighted by Gasteiger charge is -1.94. The molecule has 1 N–H and O–H groups in total. The molecule has 0 unspecified atom stereocenters. The molecule has 20 heavy (non-hydrogen) atoms. The third kappa shape index (κ3) is 2.63. The lowest BCUT2D eigenvalue weighted by atomic mass is 10.4. The van der Waals surface area contributed by atoms with Gasteiger partial charge in [-0.15, -0.1) is 16.4 Å². The summed E-state index contributed by atoms with van der Waals surface area (Å²) in [6.45, 7) is 1.72. The van der Waals surface area contributed by atoms with E-state index in [1.165, 1.54) is 17.4 Å². The zero-order chi connectivity index (χ0) is 14.1. The average Bonchev–Trinajstić information content (AvgIpc) is 3.10. The molecule has 3 aromatic heterocycles. The molecule has 0 saturated carbocycles. The van der Waals surface area contributed by atoms with Crippen LogP contribution in [0.2, 0.25) is 0 Å². The van der Waals surface area contributed by atoms with Crippen LogP contribution < -0.4 is 5.32 Å². The van der Waals surface area contributed by atoms with E-state index in [9.17, 15) is 4.79 Å². The number of nitrogens with zero attached hydrogens (tertiary/aromatic N) is 3. The topological polar surface area (TPSA) is 94.1 Å². The Morgan fingerprint density at radius 1 is 1.40 bits per heavy atom. The predicted octanol–water partition coefficient (Wildman–Crippen LogP) is 3.11. The second-order valence-electron chi connectivity index (χ2n) is 3.80. The van der Waals surface area contributed by atoms with Crippen LogP contribution in [-0.2, 0) is 0 Å². The van der Waals surface area contributed by atoms with E-state index in [2.05, 4.69) is 36.6 Å². The first kappa shape index (κ1) is 13.0. The van der Waals surface area contributed by atoms with Crippen molar-refractivity contribution in [2.24, 2.45) is 0 Å². The molecule has 0 atom stereocenters. The normalized spacial score (nSPS) is 10.7. The summed E-state index contributed by atoms with van der Waals surface area (Å²) in [5, 5.41) is 13.7. The van der Waals surface area contributed by atoms with Crippen LogP contribution in [0.5, 0.6) is 0 Å². The van der Waals surface area contributed by atoms with Gasteiger partial charge in [0.05, 0.1) is 14.4 Å². The number of amides is 1. The summed E-state index contributed by atoms with van der Waals surface area (Å²) in [5.74, 6) is -0.0703. The standard InChI is InChI=1S/C11H7BrN4O3S/c1-5-4-6(19-16-5)9(17)13-11-15-14-10(18-11)7-2-3-8(12)20-7/h2-4H,1H3,(H,13,15,17). The van der Waals surface area contributed by atoms with Crippen LogP contribution in [0.3, 0.4) is 0 Å². The lowest BCUT2D eigenvalue weighted by molar-refractivity contribution is 0.0985. The van der Waals surface area contributed by atoms with Crippen molar-refractivity contribution in [3.8, 4) is 10.8 Å². The van der Waals surface area contributed by atoms with Crippen LogP contribution in [0.4, 0.5) is 6.01 Å². The number of rotatable bonds is 3. The van der Waals surface area contributed by atoms with Crippen LogP contribution in [0.25, 0.3) is 10.8 Å². The van der Waals surface area contributed by atoms with Crippen LogP contribution in [0.15, 0.2) is 30.9 Å². The van der Waals surface area contributed by atoms with Crippen molar-refractivity contribution in [2.45, 2.75) is 6.92 Å². The molecule has 0 bridgehead atoms. The summed E-state index contributed by atoms with van der Waals surface area (Å²) in [5.41, 5.74) is 0.616. The van der Waals surface area contributed by atoms with Crippen LogP contribution in [0.1, 0.15) is 16.2 Å².